The van der Waals surface area contributed by atoms with Crippen molar-refractivity contribution in [1.29, 1.82) is 0 Å². The first kappa shape index (κ1) is 16.8. The molecule has 1 aromatic rings. The van der Waals surface area contributed by atoms with Crippen LogP contribution in [0.2, 0.25) is 0 Å². The fraction of sp³-hybridized carbons (Fsp3) is 0.722. The molecule has 0 amide bonds. The van der Waals surface area contributed by atoms with Gasteiger partial charge in [0.25, 0.3) is 0 Å². The van der Waals surface area contributed by atoms with Gasteiger partial charge in [-0.05, 0) is 50.3 Å². The summed E-state index contributed by atoms with van der Waals surface area (Å²) in [5, 5.41) is 4.37. The smallest absolute Gasteiger partial charge is 0.0573 e. The van der Waals surface area contributed by atoms with E-state index < -0.39 is 0 Å². The van der Waals surface area contributed by atoms with E-state index >= 15 is 0 Å². The zero-order valence-corrected chi connectivity index (χ0v) is 14.6. The first-order chi connectivity index (χ1) is 10.2. The van der Waals surface area contributed by atoms with Gasteiger partial charge in [0, 0.05) is 22.4 Å². The van der Waals surface area contributed by atoms with Crippen LogP contribution in [0.15, 0.2) is 23.2 Å². The zero-order valence-electron chi connectivity index (χ0n) is 13.8. The second-order valence-corrected chi connectivity index (χ2v) is 7.72. The van der Waals surface area contributed by atoms with Gasteiger partial charge < -0.3 is 5.32 Å². The highest BCUT2D eigenvalue weighted by Crippen LogP contribution is 2.36. The van der Waals surface area contributed by atoms with Gasteiger partial charge in [0.2, 0.25) is 0 Å². The van der Waals surface area contributed by atoms with Gasteiger partial charge in [-0.3, -0.25) is 4.98 Å². The van der Waals surface area contributed by atoms with Gasteiger partial charge in [-0.25, -0.2) is 0 Å². The van der Waals surface area contributed by atoms with Gasteiger partial charge in [0.05, 0.1) is 5.69 Å². The molecular formula is C18H30N2S. The van der Waals surface area contributed by atoms with Crippen molar-refractivity contribution in [3.63, 3.8) is 0 Å². The standard InChI is InChI=1S/C18H30N2S/c1-4-11-19-17(5-2)18-10-9-16(13-20-18)21-15-8-6-7-14(3)12-15/h9-10,13-15,17,19H,4-8,11-12H2,1-3H3. The zero-order chi connectivity index (χ0) is 15.1. The molecule has 0 bridgehead atoms. The molecule has 21 heavy (non-hydrogen) atoms. The third-order valence-electron chi connectivity index (χ3n) is 4.36. The van der Waals surface area contributed by atoms with Crippen molar-refractivity contribution in [3.05, 3.63) is 24.0 Å². The normalized spacial score (nSPS) is 24.0. The van der Waals surface area contributed by atoms with Crippen LogP contribution in [0.3, 0.4) is 0 Å². The summed E-state index contributed by atoms with van der Waals surface area (Å²) in [6.45, 7) is 7.88. The summed E-state index contributed by atoms with van der Waals surface area (Å²) in [5.41, 5.74) is 1.19. The number of thioether (sulfide) groups is 1. The fourth-order valence-corrected chi connectivity index (χ4v) is 4.48. The summed E-state index contributed by atoms with van der Waals surface area (Å²) in [6.07, 6.45) is 9.88. The third-order valence-corrected chi connectivity index (χ3v) is 5.63. The number of nitrogens with one attached hydrogen (secondary N) is 1. The number of rotatable bonds is 7. The van der Waals surface area contributed by atoms with Crippen LogP contribution in [0.1, 0.15) is 71.0 Å². The van der Waals surface area contributed by atoms with Crippen LogP contribution in [0.25, 0.3) is 0 Å². The monoisotopic (exact) mass is 306 g/mol. The Labute approximate surface area is 134 Å². The second-order valence-electron chi connectivity index (χ2n) is 6.35. The number of nitrogens with zero attached hydrogens (tertiary/aromatic N) is 1. The van der Waals surface area contributed by atoms with E-state index in [1.54, 1.807) is 0 Å². The lowest BCUT2D eigenvalue weighted by Gasteiger charge is -2.26. The van der Waals surface area contributed by atoms with E-state index in [2.05, 4.69) is 44.4 Å². The Morgan fingerprint density at radius 3 is 2.81 bits per heavy atom. The first-order valence-corrected chi connectivity index (χ1v) is 9.46. The average molecular weight is 307 g/mol. The minimum absolute atomic E-state index is 0.402. The van der Waals surface area contributed by atoms with Crippen LogP contribution in [-0.4, -0.2) is 16.8 Å². The van der Waals surface area contributed by atoms with E-state index in [0.29, 0.717) is 6.04 Å². The quantitative estimate of drug-likeness (QED) is 0.749. The highest BCUT2D eigenvalue weighted by molar-refractivity contribution is 8.00. The maximum atomic E-state index is 4.70. The summed E-state index contributed by atoms with van der Waals surface area (Å²) in [7, 11) is 0. The van der Waals surface area contributed by atoms with Gasteiger partial charge in [-0.15, -0.1) is 11.8 Å². The van der Waals surface area contributed by atoms with Crippen molar-refractivity contribution in [3.8, 4) is 0 Å². The van der Waals surface area contributed by atoms with E-state index in [-0.39, 0.29) is 0 Å². The molecule has 118 valence electrons. The second kappa shape index (κ2) is 8.79. The molecule has 1 N–H and O–H groups in total. The van der Waals surface area contributed by atoms with Crippen LogP contribution < -0.4 is 5.32 Å². The van der Waals surface area contributed by atoms with Gasteiger partial charge in [0.15, 0.2) is 0 Å². The van der Waals surface area contributed by atoms with Crippen molar-refractivity contribution < 1.29 is 0 Å². The van der Waals surface area contributed by atoms with Crippen LogP contribution >= 0.6 is 11.8 Å². The Bertz CT molecular complexity index is 404. The molecule has 0 aliphatic heterocycles. The minimum Gasteiger partial charge on any atom is -0.309 e. The molecule has 0 aromatic carbocycles. The maximum Gasteiger partial charge on any atom is 0.0573 e. The molecule has 1 fully saturated rings. The molecule has 1 aliphatic rings. The summed E-state index contributed by atoms with van der Waals surface area (Å²) in [4.78, 5) is 6.04. The topological polar surface area (TPSA) is 24.9 Å². The predicted molar refractivity (Wildman–Crippen MR) is 92.8 cm³/mol. The summed E-state index contributed by atoms with van der Waals surface area (Å²) in [6, 6.07) is 4.88. The molecule has 2 rings (SSSR count). The van der Waals surface area contributed by atoms with Gasteiger partial charge in [-0.2, -0.15) is 0 Å². The molecule has 3 heteroatoms. The molecule has 0 spiro atoms. The molecule has 3 unspecified atom stereocenters. The summed E-state index contributed by atoms with van der Waals surface area (Å²) >= 11 is 2.03. The molecule has 2 nitrogen and oxygen atoms in total. The molecule has 1 aliphatic carbocycles. The molecule has 3 atom stereocenters. The highest BCUT2D eigenvalue weighted by Gasteiger charge is 2.20. The summed E-state index contributed by atoms with van der Waals surface area (Å²) in [5.74, 6) is 0.895. The maximum absolute atomic E-state index is 4.70. The van der Waals surface area contributed by atoms with E-state index in [1.807, 2.05) is 11.8 Å². The molecular weight excluding hydrogens is 276 g/mol. The van der Waals surface area contributed by atoms with E-state index in [9.17, 15) is 0 Å². The Balaban J connectivity index is 1.91. The minimum atomic E-state index is 0.402. The van der Waals surface area contributed by atoms with E-state index in [0.717, 1.165) is 24.1 Å². The molecule has 0 saturated heterocycles. The van der Waals surface area contributed by atoms with Gasteiger partial charge in [-0.1, -0.05) is 33.6 Å². The van der Waals surface area contributed by atoms with Crippen molar-refractivity contribution in [2.75, 3.05) is 6.54 Å². The van der Waals surface area contributed by atoms with Crippen LogP contribution in [0.5, 0.6) is 0 Å². The molecule has 1 heterocycles. The Morgan fingerprint density at radius 2 is 2.19 bits per heavy atom. The molecule has 1 aromatic heterocycles. The number of aromatic nitrogens is 1. The van der Waals surface area contributed by atoms with Gasteiger partial charge in [0.1, 0.15) is 0 Å². The van der Waals surface area contributed by atoms with Crippen molar-refractivity contribution in [1.82, 2.24) is 10.3 Å². The Hall–Kier alpha value is -0.540. The van der Waals surface area contributed by atoms with Gasteiger partial charge >= 0.3 is 0 Å². The number of hydrogen-bond acceptors (Lipinski definition) is 3. The van der Waals surface area contributed by atoms with E-state index in [4.69, 9.17) is 4.98 Å². The molecule has 0 radical (unpaired) electrons. The Kier molecular flexibility index (Phi) is 7.05. The predicted octanol–water partition coefficient (Wildman–Crippen LogP) is 5.20. The largest absolute Gasteiger partial charge is 0.309 e. The highest BCUT2D eigenvalue weighted by atomic mass is 32.2. The van der Waals surface area contributed by atoms with Crippen molar-refractivity contribution in [2.24, 2.45) is 5.92 Å². The summed E-state index contributed by atoms with van der Waals surface area (Å²) < 4.78 is 0. The van der Waals surface area contributed by atoms with E-state index in [1.165, 1.54) is 42.7 Å². The lowest BCUT2D eigenvalue weighted by atomic mass is 9.91. The van der Waals surface area contributed by atoms with Crippen LogP contribution in [0.4, 0.5) is 0 Å². The van der Waals surface area contributed by atoms with Crippen LogP contribution in [-0.2, 0) is 0 Å². The average Bonchev–Trinajstić information content (AvgIpc) is 2.49. The Morgan fingerprint density at radius 1 is 1.33 bits per heavy atom. The lowest BCUT2D eigenvalue weighted by molar-refractivity contribution is 0.394. The number of hydrogen-bond donors (Lipinski definition) is 1. The number of pyridine rings is 1. The third kappa shape index (κ3) is 5.30. The fourth-order valence-electron chi connectivity index (χ4n) is 3.12. The molecule has 1 saturated carbocycles. The van der Waals surface area contributed by atoms with Crippen molar-refractivity contribution >= 4 is 11.8 Å². The SMILES string of the molecule is CCCNC(CC)c1ccc(SC2CCCC(C)C2)cn1. The van der Waals surface area contributed by atoms with Crippen molar-refractivity contribution in [2.45, 2.75) is 75.5 Å². The lowest BCUT2D eigenvalue weighted by Crippen LogP contribution is -2.22. The first-order valence-electron chi connectivity index (χ1n) is 8.58. The van der Waals surface area contributed by atoms with Crippen LogP contribution in [0, 0.1) is 5.92 Å².